The molecule has 0 N–H and O–H groups in total. The van der Waals surface area contributed by atoms with Gasteiger partial charge in [0.15, 0.2) is 5.41 Å². The van der Waals surface area contributed by atoms with Gasteiger partial charge < -0.3 is 4.90 Å². The van der Waals surface area contributed by atoms with Gasteiger partial charge in [0.05, 0.1) is 6.04 Å². The Kier molecular flexibility index (Phi) is 4.59. The van der Waals surface area contributed by atoms with Crippen LogP contribution in [0.2, 0.25) is 5.02 Å². The third-order valence-electron chi connectivity index (χ3n) is 7.21. The van der Waals surface area contributed by atoms with Crippen LogP contribution in [0.25, 0.3) is 0 Å². The molecule has 3 aliphatic rings. The van der Waals surface area contributed by atoms with Crippen molar-refractivity contribution >= 4 is 35.1 Å². The highest BCUT2D eigenvalue weighted by Crippen LogP contribution is 2.51. The number of carbonyl (C=O) groups excluding carboxylic acids is 3. The molecule has 7 heteroatoms. The molecule has 31 heavy (non-hydrogen) atoms. The molecule has 0 bridgehead atoms. The summed E-state index contributed by atoms with van der Waals surface area (Å²) in [6.45, 7) is 0.710. The fourth-order valence-electron chi connectivity index (χ4n) is 5.65. The predicted octanol–water partition coefficient (Wildman–Crippen LogP) is 3.69. The number of barbiturate groups is 1. The van der Waals surface area contributed by atoms with Crippen molar-refractivity contribution < 1.29 is 14.4 Å². The second kappa shape index (κ2) is 7.09. The maximum absolute atomic E-state index is 13.6. The van der Waals surface area contributed by atoms with Gasteiger partial charge in [0.1, 0.15) is 0 Å². The molecule has 160 valence electrons. The molecule has 2 fully saturated rings. The lowest BCUT2D eigenvalue weighted by molar-refractivity contribution is -0.159. The number of amides is 4. The predicted molar refractivity (Wildman–Crippen MR) is 118 cm³/mol. The van der Waals surface area contributed by atoms with Gasteiger partial charge >= 0.3 is 6.03 Å². The number of piperidine rings is 1. The van der Waals surface area contributed by atoms with Gasteiger partial charge in [-0.15, -0.1) is 0 Å². The molecule has 0 aromatic heterocycles. The third kappa shape index (κ3) is 2.81. The molecule has 0 radical (unpaired) electrons. The fourth-order valence-corrected chi connectivity index (χ4v) is 5.81. The average Bonchev–Trinajstić information content (AvgIpc) is 2.80. The monoisotopic (exact) mass is 437 g/mol. The molecular weight excluding hydrogens is 414 g/mol. The molecule has 2 aromatic carbocycles. The molecule has 3 aliphatic heterocycles. The van der Waals surface area contributed by atoms with Gasteiger partial charge in [0.2, 0.25) is 11.8 Å². The number of fused-ring (bicyclic) bond motifs is 4. The zero-order valence-corrected chi connectivity index (χ0v) is 18.3. The molecular formula is C24H24ClN3O3. The second-order valence-electron chi connectivity index (χ2n) is 8.77. The van der Waals surface area contributed by atoms with Gasteiger partial charge in [0.25, 0.3) is 0 Å². The Morgan fingerprint density at radius 1 is 0.968 bits per heavy atom. The minimum Gasteiger partial charge on any atom is -0.367 e. The number of urea groups is 1. The average molecular weight is 438 g/mol. The van der Waals surface area contributed by atoms with Crippen LogP contribution in [0.5, 0.6) is 0 Å². The van der Waals surface area contributed by atoms with Crippen LogP contribution in [0.3, 0.4) is 0 Å². The van der Waals surface area contributed by atoms with Crippen molar-refractivity contribution in [3.8, 4) is 0 Å². The number of hydrogen-bond donors (Lipinski definition) is 0. The lowest BCUT2D eigenvalue weighted by Gasteiger charge is -2.55. The number of nitrogens with zero attached hydrogens (tertiary/aromatic N) is 3. The zero-order chi connectivity index (χ0) is 21.9. The molecule has 6 nitrogen and oxygen atoms in total. The largest absolute Gasteiger partial charge is 0.367 e. The summed E-state index contributed by atoms with van der Waals surface area (Å²) in [7, 11) is 2.93. The summed E-state index contributed by atoms with van der Waals surface area (Å²) in [5, 5.41) is 0.629. The van der Waals surface area contributed by atoms with Crippen molar-refractivity contribution in [1.29, 1.82) is 0 Å². The van der Waals surface area contributed by atoms with Crippen molar-refractivity contribution in [3.05, 3.63) is 64.7 Å². The van der Waals surface area contributed by atoms with E-state index < -0.39 is 23.3 Å². The minimum absolute atomic E-state index is 0.230. The lowest BCUT2D eigenvalue weighted by atomic mass is 9.64. The van der Waals surface area contributed by atoms with Gasteiger partial charge in [0, 0.05) is 31.4 Å². The molecule has 2 atom stereocenters. The molecule has 1 spiro atoms. The van der Waals surface area contributed by atoms with E-state index >= 15 is 0 Å². The maximum atomic E-state index is 13.6. The molecule has 0 aliphatic carbocycles. The Morgan fingerprint density at radius 2 is 1.65 bits per heavy atom. The van der Waals surface area contributed by atoms with Crippen LogP contribution in [0.1, 0.15) is 29.9 Å². The highest BCUT2D eigenvalue weighted by molar-refractivity contribution is 6.31. The van der Waals surface area contributed by atoms with Gasteiger partial charge in [-0.2, -0.15) is 0 Å². The number of carbonyl (C=O) groups is 3. The smallest absolute Gasteiger partial charge is 0.332 e. The van der Waals surface area contributed by atoms with Crippen molar-refractivity contribution in [2.24, 2.45) is 5.41 Å². The van der Waals surface area contributed by atoms with Crippen LogP contribution in [0.15, 0.2) is 48.5 Å². The summed E-state index contributed by atoms with van der Waals surface area (Å²) in [6, 6.07) is 14.9. The Bertz CT molecular complexity index is 1060. The molecule has 0 saturated carbocycles. The standard InChI is InChI=1S/C24H24ClN3O3/c1-26-21(29)24(22(30)27(2)23(26)31)14-17-8-9-18(25)13-19(17)28-11-10-16(12-20(24)28)15-6-4-3-5-7-15/h3-9,13,16,20H,10-12,14H2,1-2H3/t16-,20+/m1/s1. The summed E-state index contributed by atoms with van der Waals surface area (Å²) in [5.41, 5.74) is 1.78. The van der Waals surface area contributed by atoms with E-state index in [1.54, 1.807) is 6.07 Å². The van der Waals surface area contributed by atoms with Gasteiger partial charge in [-0.25, -0.2) is 4.79 Å². The zero-order valence-electron chi connectivity index (χ0n) is 17.5. The van der Waals surface area contributed by atoms with Crippen LogP contribution in [-0.4, -0.2) is 54.3 Å². The van der Waals surface area contributed by atoms with Crippen LogP contribution in [0, 0.1) is 5.41 Å². The number of rotatable bonds is 1. The first-order valence-corrected chi connectivity index (χ1v) is 10.9. The molecule has 4 amide bonds. The number of benzene rings is 2. The Hall–Kier alpha value is -2.86. The molecule has 0 unspecified atom stereocenters. The summed E-state index contributed by atoms with van der Waals surface area (Å²) in [5.74, 6) is -0.594. The Labute approximate surface area is 186 Å². The molecule has 2 saturated heterocycles. The van der Waals surface area contributed by atoms with Crippen LogP contribution in [0.4, 0.5) is 10.5 Å². The van der Waals surface area contributed by atoms with E-state index in [4.69, 9.17) is 11.6 Å². The highest BCUT2D eigenvalue weighted by Gasteiger charge is 2.63. The normalized spacial score (nSPS) is 25.0. The van der Waals surface area contributed by atoms with E-state index in [1.165, 1.54) is 19.7 Å². The quantitative estimate of drug-likeness (QED) is 0.638. The van der Waals surface area contributed by atoms with Gasteiger partial charge in [-0.1, -0.05) is 48.0 Å². The molecule has 2 aromatic rings. The molecule has 3 heterocycles. The maximum Gasteiger partial charge on any atom is 0.332 e. The minimum atomic E-state index is -1.33. The summed E-state index contributed by atoms with van der Waals surface area (Å²) in [4.78, 5) is 44.2. The Morgan fingerprint density at radius 3 is 2.32 bits per heavy atom. The van der Waals surface area contributed by atoms with E-state index in [0.717, 1.165) is 27.5 Å². The van der Waals surface area contributed by atoms with Crippen molar-refractivity contribution in [3.63, 3.8) is 0 Å². The number of imide groups is 2. The number of hydrogen-bond acceptors (Lipinski definition) is 4. The van der Waals surface area contributed by atoms with Gasteiger partial charge in [-0.3, -0.25) is 19.4 Å². The third-order valence-corrected chi connectivity index (χ3v) is 7.45. The van der Waals surface area contributed by atoms with Gasteiger partial charge in [-0.05, 0) is 48.4 Å². The fraction of sp³-hybridized carbons (Fsp3) is 0.375. The van der Waals surface area contributed by atoms with Crippen LogP contribution in [-0.2, 0) is 16.0 Å². The van der Waals surface area contributed by atoms with Crippen LogP contribution >= 0.6 is 11.6 Å². The van der Waals surface area contributed by atoms with Crippen LogP contribution < -0.4 is 4.90 Å². The van der Waals surface area contributed by atoms with Crippen molar-refractivity contribution in [2.75, 3.05) is 25.5 Å². The van der Waals surface area contributed by atoms with E-state index in [1.807, 2.05) is 30.3 Å². The first kappa shape index (κ1) is 20.1. The second-order valence-corrected chi connectivity index (χ2v) is 9.21. The van der Waals surface area contributed by atoms with Crippen molar-refractivity contribution in [1.82, 2.24) is 9.80 Å². The lowest BCUT2D eigenvalue weighted by Crippen LogP contribution is -2.72. The summed E-state index contributed by atoms with van der Waals surface area (Å²) >= 11 is 6.31. The number of halogens is 1. The summed E-state index contributed by atoms with van der Waals surface area (Å²) < 4.78 is 0. The summed E-state index contributed by atoms with van der Waals surface area (Å²) in [6.07, 6.45) is 1.83. The van der Waals surface area contributed by atoms with E-state index in [2.05, 4.69) is 17.0 Å². The number of anilines is 1. The van der Waals surface area contributed by atoms with E-state index in [0.29, 0.717) is 18.0 Å². The first-order chi connectivity index (χ1) is 14.8. The topological polar surface area (TPSA) is 60.9 Å². The van der Waals surface area contributed by atoms with E-state index in [-0.39, 0.29) is 18.4 Å². The Balaban J connectivity index is 1.66. The first-order valence-electron chi connectivity index (χ1n) is 10.5. The van der Waals surface area contributed by atoms with E-state index in [9.17, 15) is 14.4 Å². The van der Waals surface area contributed by atoms with Crippen molar-refractivity contribution in [2.45, 2.75) is 31.2 Å². The highest BCUT2D eigenvalue weighted by atomic mass is 35.5. The molecule has 5 rings (SSSR count). The SMILES string of the molecule is CN1C(=O)N(C)C(=O)C2(Cc3ccc(Cl)cc3N3CC[C@@H](c4ccccc4)C[C@H]32)C1=O.